The minimum atomic E-state index is -4.44. The zero-order valence-corrected chi connectivity index (χ0v) is 17.5. The van der Waals surface area contributed by atoms with E-state index in [0.29, 0.717) is 17.0 Å². The molecule has 2 N–H and O–H groups in total. The molecule has 1 aliphatic rings. The summed E-state index contributed by atoms with van der Waals surface area (Å²) in [6.45, 7) is 5.38. The molecule has 2 aromatic carbocycles. The molecule has 3 rings (SSSR count). The summed E-state index contributed by atoms with van der Waals surface area (Å²) in [6.07, 6.45) is 1.70. The molecule has 1 aliphatic carbocycles. The van der Waals surface area contributed by atoms with Crippen molar-refractivity contribution in [2.75, 3.05) is 0 Å². The standard InChI is InChI=1S/C25H26F4N2/c1-3-23(31-15-16(2)30)21-14-13-19(17-8-6-9-17)20(24(21)26)12-11-18-7-4-5-10-22(18)25(27,28)29/h3-5,7,10,13-15,17H,1,6,8-9,11-12,30H2,2H3/b16-15+,31-23?. The monoisotopic (exact) mass is 430 g/mol. The fourth-order valence-electron chi connectivity index (χ4n) is 3.87. The molecule has 164 valence electrons. The largest absolute Gasteiger partial charge is 0.416 e. The molecule has 0 aliphatic heterocycles. The van der Waals surface area contributed by atoms with Crippen LogP contribution in [0.25, 0.3) is 0 Å². The quantitative estimate of drug-likeness (QED) is 0.386. The molecule has 1 saturated carbocycles. The van der Waals surface area contributed by atoms with E-state index < -0.39 is 17.6 Å². The van der Waals surface area contributed by atoms with Gasteiger partial charge in [0.15, 0.2) is 0 Å². The molecule has 0 heterocycles. The highest BCUT2D eigenvalue weighted by molar-refractivity contribution is 6.09. The van der Waals surface area contributed by atoms with Gasteiger partial charge in [0.2, 0.25) is 0 Å². The van der Waals surface area contributed by atoms with Crippen molar-refractivity contribution in [2.24, 2.45) is 10.7 Å². The number of aliphatic imine (C=N–C) groups is 1. The summed E-state index contributed by atoms with van der Waals surface area (Å²) in [5.74, 6) is -0.206. The van der Waals surface area contributed by atoms with E-state index in [0.717, 1.165) is 30.9 Å². The highest BCUT2D eigenvalue weighted by atomic mass is 19.4. The summed E-state index contributed by atoms with van der Waals surface area (Å²) in [5, 5.41) is 0. The number of hydrogen-bond acceptors (Lipinski definition) is 2. The van der Waals surface area contributed by atoms with Crippen molar-refractivity contribution in [3.63, 3.8) is 0 Å². The van der Waals surface area contributed by atoms with Gasteiger partial charge in [0.25, 0.3) is 0 Å². The van der Waals surface area contributed by atoms with Crippen molar-refractivity contribution in [1.29, 1.82) is 0 Å². The van der Waals surface area contributed by atoms with Crippen LogP contribution >= 0.6 is 0 Å². The van der Waals surface area contributed by atoms with E-state index >= 15 is 4.39 Å². The lowest BCUT2D eigenvalue weighted by Gasteiger charge is -2.29. The maximum Gasteiger partial charge on any atom is 0.416 e. The molecule has 0 aromatic heterocycles. The van der Waals surface area contributed by atoms with Gasteiger partial charge in [-0.3, -0.25) is 4.99 Å². The van der Waals surface area contributed by atoms with Gasteiger partial charge in [-0.25, -0.2) is 4.39 Å². The Morgan fingerprint density at radius 1 is 1.16 bits per heavy atom. The lowest BCUT2D eigenvalue weighted by molar-refractivity contribution is -0.138. The Kier molecular flexibility index (Phi) is 6.98. The van der Waals surface area contributed by atoms with Crippen LogP contribution in [-0.4, -0.2) is 5.71 Å². The van der Waals surface area contributed by atoms with Crippen LogP contribution in [-0.2, 0) is 19.0 Å². The lowest BCUT2D eigenvalue weighted by Crippen LogP contribution is -2.16. The van der Waals surface area contributed by atoms with E-state index in [4.69, 9.17) is 5.73 Å². The molecule has 2 aromatic rings. The number of aryl methyl sites for hydroxylation is 1. The van der Waals surface area contributed by atoms with Crippen LogP contribution in [0.1, 0.15) is 59.9 Å². The van der Waals surface area contributed by atoms with Gasteiger partial charge in [0.05, 0.1) is 11.3 Å². The number of halogens is 4. The first-order chi connectivity index (χ1) is 14.7. The summed E-state index contributed by atoms with van der Waals surface area (Å²) < 4.78 is 55.8. The van der Waals surface area contributed by atoms with Crippen molar-refractivity contribution in [3.8, 4) is 0 Å². The molecule has 0 atom stereocenters. The number of nitrogens with zero attached hydrogens (tertiary/aromatic N) is 1. The van der Waals surface area contributed by atoms with Gasteiger partial charge < -0.3 is 5.73 Å². The number of hydrogen-bond donors (Lipinski definition) is 1. The summed E-state index contributed by atoms with van der Waals surface area (Å²) in [5.41, 5.74) is 7.53. The molecule has 0 unspecified atom stereocenters. The van der Waals surface area contributed by atoms with Crippen molar-refractivity contribution in [1.82, 2.24) is 0 Å². The van der Waals surface area contributed by atoms with Gasteiger partial charge in [-0.15, -0.1) is 0 Å². The fourth-order valence-corrected chi connectivity index (χ4v) is 3.87. The van der Waals surface area contributed by atoms with E-state index in [1.54, 1.807) is 19.1 Å². The van der Waals surface area contributed by atoms with Gasteiger partial charge >= 0.3 is 6.18 Å². The number of benzene rings is 2. The second-order valence-corrected chi connectivity index (χ2v) is 7.87. The van der Waals surface area contributed by atoms with Crippen LogP contribution in [0, 0.1) is 5.82 Å². The maximum absolute atomic E-state index is 15.6. The van der Waals surface area contributed by atoms with Crippen LogP contribution in [0.5, 0.6) is 0 Å². The van der Waals surface area contributed by atoms with Crippen molar-refractivity contribution >= 4 is 5.71 Å². The first-order valence-corrected chi connectivity index (χ1v) is 10.3. The summed E-state index contributed by atoms with van der Waals surface area (Å²) in [4.78, 5) is 4.21. The van der Waals surface area contributed by atoms with E-state index in [-0.39, 0.29) is 29.9 Å². The van der Waals surface area contributed by atoms with Gasteiger partial charge in [0.1, 0.15) is 5.82 Å². The molecule has 0 saturated heterocycles. The van der Waals surface area contributed by atoms with Crippen LogP contribution in [0.15, 0.2) is 65.9 Å². The summed E-state index contributed by atoms with van der Waals surface area (Å²) in [7, 11) is 0. The average Bonchev–Trinajstić information content (AvgIpc) is 2.67. The second kappa shape index (κ2) is 9.50. The topological polar surface area (TPSA) is 38.4 Å². The Hall–Kier alpha value is -2.89. The second-order valence-electron chi connectivity index (χ2n) is 7.87. The third kappa shape index (κ3) is 5.24. The van der Waals surface area contributed by atoms with E-state index in [9.17, 15) is 13.2 Å². The fraction of sp³-hybridized carbons (Fsp3) is 0.320. The highest BCUT2D eigenvalue weighted by Gasteiger charge is 2.33. The molecular formula is C25H26F4N2. The third-order valence-corrected chi connectivity index (χ3v) is 5.67. The van der Waals surface area contributed by atoms with Crippen LogP contribution in [0.4, 0.5) is 17.6 Å². The normalized spacial score (nSPS) is 15.6. The molecular weight excluding hydrogens is 404 g/mol. The first kappa shape index (κ1) is 22.8. The number of rotatable bonds is 7. The first-order valence-electron chi connectivity index (χ1n) is 10.3. The predicted molar refractivity (Wildman–Crippen MR) is 117 cm³/mol. The Morgan fingerprint density at radius 2 is 1.87 bits per heavy atom. The van der Waals surface area contributed by atoms with Crippen LogP contribution in [0.2, 0.25) is 0 Å². The predicted octanol–water partition coefficient (Wildman–Crippen LogP) is 6.69. The molecule has 6 heteroatoms. The molecule has 1 fully saturated rings. The maximum atomic E-state index is 15.6. The minimum Gasteiger partial charge on any atom is -0.401 e. The van der Waals surface area contributed by atoms with Gasteiger partial charge in [-0.1, -0.05) is 37.3 Å². The molecule has 0 amide bonds. The zero-order valence-electron chi connectivity index (χ0n) is 17.5. The number of alkyl halides is 3. The number of allylic oxidation sites excluding steroid dienone is 2. The Balaban J connectivity index is 2.01. The minimum absolute atomic E-state index is 0.0954. The lowest BCUT2D eigenvalue weighted by atomic mass is 9.76. The summed E-state index contributed by atoms with van der Waals surface area (Å²) in [6, 6.07) is 9.03. The zero-order chi connectivity index (χ0) is 22.6. The molecule has 0 radical (unpaired) electrons. The van der Waals surface area contributed by atoms with Gasteiger partial charge in [0, 0.05) is 17.5 Å². The highest BCUT2D eigenvalue weighted by Crippen LogP contribution is 2.40. The summed E-state index contributed by atoms with van der Waals surface area (Å²) >= 11 is 0. The number of nitrogens with two attached hydrogens (primary N) is 1. The molecule has 31 heavy (non-hydrogen) atoms. The Bertz CT molecular complexity index is 1010. The average molecular weight is 430 g/mol. The van der Waals surface area contributed by atoms with Gasteiger partial charge in [-0.05, 0) is 73.4 Å². The van der Waals surface area contributed by atoms with E-state index in [1.165, 1.54) is 24.4 Å². The van der Waals surface area contributed by atoms with Crippen molar-refractivity contribution in [3.05, 3.63) is 94.6 Å². The molecule has 2 nitrogen and oxygen atoms in total. The van der Waals surface area contributed by atoms with Gasteiger partial charge in [-0.2, -0.15) is 13.2 Å². The van der Waals surface area contributed by atoms with Crippen molar-refractivity contribution < 1.29 is 17.6 Å². The van der Waals surface area contributed by atoms with Crippen LogP contribution < -0.4 is 5.73 Å². The molecule has 0 bridgehead atoms. The SMILES string of the molecule is C=CC(=N/C=C(\C)N)c1ccc(C2CCC2)c(CCc2ccccc2C(F)(F)F)c1F. The molecule has 0 spiro atoms. The van der Waals surface area contributed by atoms with E-state index in [1.807, 2.05) is 6.07 Å². The smallest absolute Gasteiger partial charge is 0.401 e. The van der Waals surface area contributed by atoms with Crippen molar-refractivity contribution in [2.45, 2.75) is 51.1 Å². The van der Waals surface area contributed by atoms with E-state index in [2.05, 4.69) is 11.6 Å². The third-order valence-electron chi connectivity index (χ3n) is 5.67. The Morgan fingerprint density at radius 3 is 2.45 bits per heavy atom. The van der Waals surface area contributed by atoms with Crippen LogP contribution in [0.3, 0.4) is 0 Å². The Labute approximate surface area is 180 Å².